The average Bonchev–Trinajstić information content (AvgIpc) is 2.79. The third-order valence-electron chi connectivity index (χ3n) is 4.34. The van der Waals surface area contributed by atoms with Gasteiger partial charge in [-0.15, -0.1) is 11.6 Å². The van der Waals surface area contributed by atoms with Crippen LogP contribution in [-0.4, -0.2) is 9.55 Å². The molecule has 2 aromatic rings. The van der Waals surface area contributed by atoms with Crippen molar-refractivity contribution < 1.29 is 8.78 Å². The molecule has 108 valence electrons. The zero-order chi connectivity index (χ0) is 14.3. The summed E-state index contributed by atoms with van der Waals surface area (Å²) in [4.78, 5) is 4.28. The standard InChI is InChI=1S/C15H17ClF2N2/c1-15(5-3-2-4-6-15)20-12-8-10(17)7-11(18)14(12)19-13(20)9-16/h7-8H,2-6,9H2,1H3. The summed E-state index contributed by atoms with van der Waals surface area (Å²) >= 11 is 5.98. The zero-order valence-electron chi connectivity index (χ0n) is 11.4. The molecule has 1 fully saturated rings. The highest BCUT2D eigenvalue weighted by Gasteiger charge is 2.32. The van der Waals surface area contributed by atoms with E-state index in [2.05, 4.69) is 11.9 Å². The van der Waals surface area contributed by atoms with Gasteiger partial charge in [-0.1, -0.05) is 19.3 Å². The lowest BCUT2D eigenvalue weighted by Crippen LogP contribution is -2.33. The molecular formula is C15H17ClF2N2. The van der Waals surface area contributed by atoms with E-state index in [9.17, 15) is 8.78 Å². The van der Waals surface area contributed by atoms with Crippen LogP contribution in [0.4, 0.5) is 8.78 Å². The first-order chi connectivity index (χ1) is 9.55. The van der Waals surface area contributed by atoms with Crippen molar-refractivity contribution >= 4 is 22.6 Å². The van der Waals surface area contributed by atoms with Gasteiger partial charge in [0.15, 0.2) is 5.82 Å². The monoisotopic (exact) mass is 298 g/mol. The van der Waals surface area contributed by atoms with Crippen molar-refractivity contribution in [3.05, 3.63) is 29.6 Å². The summed E-state index contributed by atoms with van der Waals surface area (Å²) in [6.07, 6.45) is 5.42. The van der Waals surface area contributed by atoms with Crippen LogP contribution in [0.15, 0.2) is 12.1 Å². The number of nitrogens with zero attached hydrogens (tertiary/aromatic N) is 2. The van der Waals surface area contributed by atoms with Gasteiger partial charge >= 0.3 is 0 Å². The number of hydrogen-bond acceptors (Lipinski definition) is 1. The molecule has 0 bridgehead atoms. The molecule has 1 aliphatic rings. The van der Waals surface area contributed by atoms with E-state index in [1.807, 2.05) is 4.57 Å². The summed E-state index contributed by atoms with van der Waals surface area (Å²) in [6, 6.07) is 2.24. The molecule has 1 heterocycles. The Morgan fingerprint density at radius 2 is 1.95 bits per heavy atom. The molecule has 1 aromatic heterocycles. The molecule has 0 radical (unpaired) electrons. The van der Waals surface area contributed by atoms with Crippen LogP contribution in [0, 0.1) is 11.6 Å². The van der Waals surface area contributed by atoms with E-state index in [0.717, 1.165) is 31.7 Å². The highest BCUT2D eigenvalue weighted by molar-refractivity contribution is 6.16. The summed E-state index contributed by atoms with van der Waals surface area (Å²) < 4.78 is 29.4. The first kappa shape index (κ1) is 13.8. The minimum atomic E-state index is -0.621. The molecular weight excluding hydrogens is 282 g/mol. The molecule has 3 rings (SSSR count). The normalized spacial score (nSPS) is 18.6. The van der Waals surface area contributed by atoms with Gasteiger partial charge in [-0.3, -0.25) is 0 Å². The van der Waals surface area contributed by atoms with Gasteiger partial charge in [-0.2, -0.15) is 0 Å². The summed E-state index contributed by atoms with van der Waals surface area (Å²) in [5, 5.41) is 0. The number of alkyl halides is 1. The molecule has 0 N–H and O–H groups in total. The van der Waals surface area contributed by atoms with Crippen molar-refractivity contribution in [3.8, 4) is 0 Å². The number of halogens is 3. The van der Waals surface area contributed by atoms with Gasteiger partial charge in [0.1, 0.15) is 17.2 Å². The zero-order valence-corrected chi connectivity index (χ0v) is 12.2. The lowest BCUT2D eigenvalue weighted by atomic mass is 9.83. The number of hydrogen-bond donors (Lipinski definition) is 0. The molecule has 2 nitrogen and oxygen atoms in total. The smallest absolute Gasteiger partial charge is 0.153 e. The van der Waals surface area contributed by atoms with Gasteiger partial charge in [0.05, 0.1) is 11.4 Å². The number of benzene rings is 1. The molecule has 20 heavy (non-hydrogen) atoms. The second-order valence-electron chi connectivity index (χ2n) is 5.81. The van der Waals surface area contributed by atoms with E-state index in [1.165, 1.54) is 12.5 Å². The Hall–Kier alpha value is -1.16. The predicted molar refractivity (Wildman–Crippen MR) is 75.9 cm³/mol. The molecule has 0 aliphatic heterocycles. The van der Waals surface area contributed by atoms with Crippen LogP contribution in [-0.2, 0) is 11.4 Å². The fourth-order valence-corrected chi connectivity index (χ4v) is 3.56. The molecule has 1 aliphatic carbocycles. The minimum Gasteiger partial charge on any atom is -0.321 e. The number of fused-ring (bicyclic) bond motifs is 1. The van der Waals surface area contributed by atoms with Gasteiger partial charge in [0.25, 0.3) is 0 Å². The Balaban J connectivity index is 2.27. The Morgan fingerprint density at radius 3 is 2.60 bits per heavy atom. The number of aromatic nitrogens is 2. The van der Waals surface area contributed by atoms with E-state index in [0.29, 0.717) is 11.3 Å². The topological polar surface area (TPSA) is 17.8 Å². The van der Waals surface area contributed by atoms with Crippen molar-refractivity contribution in [2.24, 2.45) is 0 Å². The largest absolute Gasteiger partial charge is 0.321 e. The molecule has 1 saturated carbocycles. The van der Waals surface area contributed by atoms with Crippen molar-refractivity contribution in [1.82, 2.24) is 9.55 Å². The average molecular weight is 299 g/mol. The van der Waals surface area contributed by atoms with Gasteiger partial charge in [-0.05, 0) is 25.8 Å². The maximum atomic E-state index is 13.9. The Morgan fingerprint density at radius 1 is 1.25 bits per heavy atom. The maximum Gasteiger partial charge on any atom is 0.153 e. The summed E-state index contributed by atoms with van der Waals surface area (Å²) in [6.45, 7) is 2.13. The van der Waals surface area contributed by atoms with Crippen molar-refractivity contribution in [2.45, 2.75) is 50.4 Å². The van der Waals surface area contributed by atoms with Crippen molar-refractivity contribution in [3.63, 3.8) is 0 Å². The van der Waals surface area contributed by atoms with Gasteiger partial charge < -0.3 is 4.57 Å². The number of rotatable bonds is 2. The van der Waals surface area contributed by atoms with E-state index in [4.69, 9.17) is 11.6 Å². The quantitative estimate of drug-likeness (QED) is 0.733. The molecule has 1 aromatic carbocycles. The number of imidazole rings is 1. The summed E-state index contributed by atoms with van der Waals surface area (Å²) in [5.41, 5.74) is 0.577. The van der Waals surface area contributed by atoms with E-state index in [1.54, 1.807) is 0 Å². The second kappa shape index (κ2) is 4.99. The van der Waals surface area contributed by atoms with Crippen LogP contribution >= 0.6 is 11.6 Å². The van der Waals surface area contributed by atoms with Crippen LogP contribution in [0.25, 0.3) is 11.0 Å². The van der Waals surface area contributed by atoms with Crippen LogP contribution < -0.4 is 0 Å². The SMILES string of the molecule is CC1(n2c(CCl)nc3c(F)cc(F)cc32)CCCCC1. The van der Waals surface area contributed by atoms with E-state index < -0.39 is 11.6 Å². The maximum absolute atomic E-state index is 13.9. The van der Waals surface area contributed by atoms with Gasteiger partial charge in [0.2, 0.25) is 0 Å². The molecule has 5 heteroatoms. The van der Waals surface area contributed by atoms with Crippen LogP contribution in [0.1, 0.15) is 44.9 Å². The van der Waals surface area contributed by atoms with E-state index in [-0.39, 0.29) is 16.9 Å². The fraction of sp³-hybridized carbons (Fsp3) is 0.533. The second-order valence-corrected chi connectivity index (χ2v) is 6.08. The van der Waals surface area contributed by atoms with E-state index >= 15 is 0 Å². The predicted octanol–water partition coefficient (Wildman–Crippen LogP) is 4.73. The fourth-order valence-electron chi connectivity index (χ4n) is 3.38. The third kappa shape index (κ3) is 2.10. The molecule has 0 spiro atoms. The van der Waals surface area contributed by atoms with Gasteiger partial charge in [0, 0.05) is 11.6 Å². The Kier molecular flexibility index (Phi) is 3.44. The molecule has 0 atom stereocenters. The minimum absolute atomic E-state index is 0.155. The van der Waals surface area contributed by atoms with Gasteiger partial charge in [-0.25, -0.2) is 13.8 Å². The Labute approximate surface area is 121 Å². The van der Waals surface area contributed by atoms with Crippen LogP contribution in [0.2, 0.25) is 0 Å². The highest BCUT2D eigenvalue weighted by atomic mass is 35.5. The lowest BCUT2D eigenvalue weighted by Gasteiger charge is -2.36. The third-order valence-corrected chi connectivity index (χ3v) is 4.58. The Bertz CT molecular complexity index is 645. The summed E-state index contributed by atoms with van der Waals surface area (Å²) in [5.74, 6) is -0.373. The van der Waals surface area contributed by atoms with Crippen LogP contribution in [0.5, 0.6) is 0 Å². The molecule has 0 amide bonds. The molecule has 0 saturated heterocycles. The first-order valence-electron chi connectivity index (χ1n) is 6.98. The molecule has 0 unspecified atom stereocenters. The van der Waals surface area contributed by atoms with Crippen molar-refractivity contribution in [2.75, 3.05) is 0 Å². The van der Waals surface area contributed by atoms with Crippen LogP contribution in [0.3, 0.4) is 0 Å². The lowest BCUT2D eigenvalue weighted by molar-refractivity contribution is 0.220. The first-order valence-corrected chi connectivity index (χ1v) is 7.51. The highest BCUT2D eigenvalue weighted by Crippen LogP contribution is 2.38. The van der Waals surface area contributed by atoms with Crippen molar-refractivity contribution in [1.29, 1.82) is 0 Å². The summed E-state index contributed by atoms with van der Waals surface area (Å²) in [7, 11) is 0.